The number of carbonyl (C=O) groups is 3. The van der Waals surface area contributed by atoms with Gasteiger partial charge in [0.15, 0.2) is 0 Å². The van der Waals surface area contributed by atoms with E-state index in [-0.39, 0.29) is 17.2 Å². The summed E-state index contributed by atoms with van der Waals surface area (Å²) in [6, 6.07) is 6.97. The SMILES string of the molecule is CC(N)C(=O)NCSC1CCNC(c2ccccc2Cl)C/C1=C\C(=O)O.COC=O. The number of methoxy groups -OCH3 is 1. The molecule has 1 aromatic carbocycles. The molecule has 0 aliphatic carbocycles. The van der Waals surface area contributed by atoms with Gasteiger partial charge in [-0.1, -0.05) is 29.8 Å². The Balaban J connectivity index is 0.00000103. The summed E-state index contributed by atoms with van der Waals surface area (Å²) in [5.74, 6) is -0.800. The van der Waals surface area contributed by atoms with Crippen LogP contribution in [0.1, 0.15) is 31.4 Å². The van der Waals surface area contributed by atoms with Gasteiger partial charge in [0.1, 0.15) is 0 Å². The zero-order chi connectivity index (χ0) is 22.5. The molecule has 1 aliphatic heterocycles. The number of benzene rings is 1. The van der Waals surface area contributed by atoms with Gasteiger partial charge in [0.2, 0.25) is 5.91 Å². The fourth-order valence-electron chi connectivity index (χ4n) is 2.87. The summed E-state index contributed by atoms with van der Waals surface area (Å²) in [6.45, 7) is 2.73. The Morgan fingerprint density at radius 3 is 2.70 bits per heavy atom. The molecule has 1 aromatic rings. The second-order valence-corrected chi connectivity index (χ2v) is 8.14. The van der Waals surface area contributed by atoms with Gasteiger partial charge in [-0.3, -0.25) is 9.59 Å². The van der Waals surface area contributed by atoms with Crippen molar-refractivity contribution in [2.24, 2.45) is 5.73 Å². The summed E-state index contributed by atoms with van der Waals surface area (Å²) < 4.78 is 3.86. The van der Waals surface area contributed by atoms with Crippen LogP contribution in [0.5, 0.6) is 0 Å². The molecule has 1 saturated heterocycles. The molecule has 1 fully saturated rings. The highest BCUT2D eigenvalue weighted by molar-refractivity contribution is 8.00. The molecule has 0 aromatic heterocycles. The Morgan fingerprint density at radius 1 is 1.47 bits per heavy atom. The lowest BCUT2D eigenvalue weighted by atomic mass is 9.97. The van der Waals surface area contributed by atoms with Gasteiger partial charge in [-0.15, -0.1) is 11.8 Å². The number of rotatable bonds is 7. The van der Waals surface area contributed by atoms with Crippen LogP contribution in [0.25, 0.3) is 0 Å². The number of halogens is 1. The first-order valence-electron chi connectivity index (χ1n) is 9.32. The van der Waals surface area contributed by atoms with Crippen LogP contribution >= 0.6 is 23.4 Å². The minimum Gasteiger partial charge on any atom is -0.478 e. The minimum atomic E-state index is -0.968. The molecule has 3 atom stereocenters. The average Bonchev–Trinajstić information content (AvgIpc) is 2.90. The number of carbonyl (C=O) groups excluding carboxylic acids is 2. The number of carboxylic acids is 1. The van der Waals surface area contributed by atoms with Crippen LogP contribution in [0.4, 0.5) is 0 Å². The lowest BCUT2D eigenvalue weighted by Gasteiger charge is -2.20. The minimum absolute atomic E-state index is 0.000492. The third-order valence-corrected chi connectivity index (χ3v) is 5.88. The topological polar surface area (TPSA) is 131 Å². The number of nitrogens with two attached hydrogens (primary N) is 1. The van der Waals surface area contributed by atoms with E-state index in [1.165, 1.54) is 24.9 Å². The highest BCUT2D eigenvalue weighted by Gasteiger charge is 2.26. The second-order valence-electron chi connectivity index (χ2n) is 6.54. The van der Waals surface area contributed by atoms with Crippen molar-refractivity contribution in [2.45, 2.75) is 37.1 Å². The molecule has 0 bridgehead atoms. The molecular formula is C20H28ClN3O5S. The Morgan fingerprint density at radius 2 is 2.13 bits per heavy atom. The maximum atomic E-state index is 11.6. The van der Waals surface area contributed by atoms with Crippen LogP contribution < -0.4 is 16.4 Å². The van der Waals surface area contributed by atoms with Gasteiger partial charge in [0.25, 0.3) is 6.47 Å². The monoisotopic (exact) mass is 457 g/mol. The van der Waals surface area contributed by atoms with Gasteiger partial charge >= 0.3 is 5.97 Å². The summed E-state index contributed by atoms with van der Waals surface area (Å²) >= 11 is 7.82. The van der Waals surface area contributed by atoms with Gasteiger partial charge in [-0.25, -0.2) is 4.79 Å². The predicted octanol–water partition coefficient (Wildman–Crippen LogP) is 2.09. The lowest BCUT2D eigenvalue weighted by molar-refractivity contribution is -0.131. The molecule has 1 amide bonds. The normalized spacial score (nSPS) is 20.9. The number of thioether (sulfide) groups is 1. The van der Waals surface area contributed by atoms with Crippen molar-refractivity contribution < 1.29 is 24.2 Å². The van der Waals surface area contributed by atoms with Crippen LogP contribution in [0.3, 0.4) is 0 Å². The summed E-state index contributed by atoms with van der Waals surface area (Å²) in [4.78, 5) is 31.8. The standard InChI is InChI=1S/C18H24ClN3O3S.C2H4O2/c1-11(20)18(25)22-10-26-16-6-7-21-15(8-12(16)9-17(23)24)13-4-2-3-5-14(13)19;1-4-2-3/h2-5,9,11,15-16,21H,6-8,10,20H2,1H3,(H,22,25)(H,23,24);2H,1H3/b12-9+;. The van der Waals surface area contributed by atoms with Crippen molar-refractivity contribution >= 4 is 41.7 Å². The number of aliphatic carboxylic acids is 1. The van der Waals surface area contributed by atoms with E-state index < -0.39 is 12.0 Å². The maximum absolute atomic E-state index is 11.6. The Labute approximate surface area is 185 Å². The lowest BCUT2D eigenvalue weighted by Crippen LogP contribution is -2.38. The van der Waals surface area contributed by atoms with Gasteiger partial charge in [-0.05, 0) is 43.5 Å². The van der Waals surface area contributed by atoms with E-state index in [1.54, 1.807) is 6.92 Å². The molecule has 166 valence electrons. The van der Waals surface area contributed by atoms with E-state index in [4.69, 9.17) is 22.1 Å². The molecule has 3 unspecified atom stereocenters. The molecule has 30 heavy (non-hydrogen) atoms. The fraction of sp³-hybridized carbons (Fsp3) is 0.450. The molecule has 8 nitrogen and oxygen atoms in total. The van der Waals surface area contributed by atoms with Crippen molar-refractivity contribution in [1.82, 2.24) is 10.6 Å². The highest BCUT2D eigenvalue weighted by Crippen LogP contribution is 2.35. The molecular weight excluding hydrogens is 430 g/mol. The summed E-state index contributed by atoms with van der Waals surface area (Å²) in [7, 11) is 1.31. The first-order valence-corrected chi connectivity index (χ1v) is 10.7. The number of amides is 1. The third kappa shape index (κ3) is 9.17. The summed E-state index contributed by atoms with van der Waals surface area (Å²) in [5.41, 5.74) is 7.32. The fourth-order valence-corrected chi connectivity index (χ4v) is 4.22. The van der Waals surface area contributed by atoms with E-state index in [9.17, 15) is 14.7 Å². The first-order chi connectivity index (χ1) is 14.3. The number of hydrogen-bond acceptors (Lipinski definition) is 7. The predicted molar refractivity (Wildman–Crippen MR) is 118 cm³/mol. The van der Waals surface area contributed by atoms with E-state index in [1.807, 2.05) is 24.3 Å². The highest BCUT2D eigenvalue weighted by atomic mass is 35.5. The number of nitrogens with one attached hydrogen (secondary N) is 2. The Kier molecular flexibility index (Phi) is 12.1. The van der Waals surface area contributed by atoms with Crippen LogP contribution in [0.15, 0.2) is 35.9 Å². The quantitative estimate of drug-likeness (QED) is 0.278. The molecule has 0 spiro atoms. The van der Waals surface area contributed by atoms with E-state index >= 15 is 0 Å². The third-order valence-electron chi connectivity index (χ3n) is 4.28. The number of ether oxygens (including phenoxy) is 1. The smallest absolute Gasteiger partial charge is 0.328 e. The molecule has 1 aliphatic rings. The number of hydrogen-bond donors (Lipinski definition) is 4. The molecule has 1 heterocycles. The molecule has 2 rings (SSSR count). The summed E-state index contributed by atoms with van der Waals surface area (Å²) in [6.07, 6.45) is 2.59. The second kappa shape index (κ2) is 14.0. The van der Waals surface area contributed by atoms with Crippen molar-refractivity contribution in [3.8, 4) is 0 Å². The average molecular weight is 458 g/mol. The van der Waals surface area contributed by atoms with Crippen LogP contribution in [-0.4, -0.2) is 54.3 Å². The van der Waals surface area contributed by atoms with Gasteiger partial charge < -0.3 is 26.2 Å². The largest absolute Gasteiger partial charge is 0.478 e. The van der Waals surface area contributed by atoms with E-state index in [0.717, 1.165) is 24.1 Å². The summed E-state index contributed by atoms with van der Waals surface area (Å²) in [5, 5.41) is 16.1. The molecule has 10 heteroatoms. The van der Waals surface area contributed by atoms with Gasteiger partial charge in [0.05, 0.1) is 19.0 Å². The van der Waals surface area contributed by atoms with Gasteiger partial charge in [-0.2, -0.15) is 0 Å². The van der Waals surface area contributed by atoms with Crippen LogP contribution in [-0.2, 0) is 19.1 Å². The van der Waals surface area contributed by atoms with Crippen LogP contribution in [0, 0.1) is 0 Å². The molecule has 0 radical (unpaired) electrons. The Bertz CT molecular complexity index is 745. The van der Waals surface area contributed by atoms with Gasteiger partial charge in [0, 0.05) is 22.4 Å². The number of carboxylic acid groups (broad SMARTS) is 1. The van der Waals surface area contributed by atoms with Crippen molar-refractivity contribution in [2.75, 3.05) is 19.5 Å². The maximum Gasteiger partial charge on any atom is 0.328 e. The zero-order valence-electron chi connectivity index (χ0n) is 17.0. The Hall–Kier alpha value is -2.07. The van der Waals surface area contributed by atoms with Crippen LogP contribution in [0.2, 0.25) is 5.02 Å². The van der Waals surface area contributed by atoms with Crippen molar-refractivity contribution in [1.29, 1.82) is 0 Å². The van der Waals surface area contributed by atoms with Crippen molar-refractivity contribution in [3.05, 3.63) is 46.5 Å². The molecule has 0 saturated carbocycles. The van der Waals surface area contributed by atoms with E-state index in [2.05, 4.69) is 15.4 Å². The first kappa shape index (κ1) is 26.0. The van der Waals surface area contributed by atoms with E-state index in [0.29, 0.717) is 23.8 Å². The zero-order valence-corrected chi connectivity index (χ0v) is 18.5. The van der Waals surface area contributed by atoms with Crippen molar-refractivity contribution in [3.63, 3.8) is 0 Å². The molecule has 5 N–H and O–H groups in total.